The lowest BCUT2D eigenvalue weighted by molar-refractivity contribution is 0.599. The lowest BCUT2D eigenvalue weighted by Gasteiger charge is -2.08. The third kappa shape index (κ3) is 2.70. The summed E-state index contributed by atoms with van der Waals surface area (Å²) >= 11 is 5.61. The van der Waals surface area contributed by atoms with Crippen molar-refractivity contribution in [1.29, 1.82) is 0 Å². The monoisotopic (exact) mass is 325 g/mol. The standard InChI is InChI=1S/C13H9ClFN3O2S/c14-11-6-10(3-4-12(11)15)21(19,20)18-9-2-1-8-7-16-17-13(8)5-9/h1-7,18H,(H,16,17). The second-order valence-corrected chi connectivity index (χ2v) is 6.44. The fourth-order valence-electron chi connectivity index (χ4n) is 1.86. The van der Waals surface area contributed by atoms with E-state index in [4.69, 9.17) is 11.6 Å². The number of nitrogens with one attached hydrogen (secondary N) is 2. The van der Waals surface area contributed by atoms with E-state index in [9.17, 15) is 12.8 Å². The van der Waals surface area contributed by atoms with Crippen LogP contribution in [0.1, 0.15) is 0 Å². The minimum absolute atomic E-state index is 0.112. The molecule has 8 heteroatoms. The average molecular weight is 326 g/mol. The number of benzene rings is 2. The van der Waals surface area contributed by atoms with Crippen LogP contribution in [-0.4, -0.2) is 18.6 Å². The highest BCUT2D eigenvalue weighted by Gasteiger charge is 2.16. The Morgan fingerprint density at radius 2 is 2.00 bits per heavy atom. The molecule has 2 N–H and O–H groups in total. The number of fused-ring (bicyclic) bond motifs is 1. The summed E-state index contributed by atoms with van der Waals surface area (Å²) in [6.07, 6.45) is 1.63. The molecule has 0 amide bonds. The largest absolute Gasteiger partial charge is 0.280 e. The molecule has 2 aromatic carbocycles. The molecule has 0 aliphatic rings. The number of aromatic nitrogens is 2. The molecule has 0 aliphatic carbocycles. The Hall–Kier alpha value is -2.12. The van der Waals surface area contributed by atoms with Gasteiger partial charge in [-0.1, -0.05) is 11.6 Å². The number of sulfonamides is 1. The van der Waals surface area contributed by atoms with Crippen molar-refractivity contribution in [2.45, 2.75) is 4.90 Å². The third-order valence-electron chi connectivity index (χ3n) is 2.90. The Labute approximate surface area is 124 Å². The first-order valence-electron chi connectivity index (χ1n) is 5.87. The normalized spacial score (nSPS) is 11.7. The highest BCUT2D eigenvalue weighted by Crippen LogP contribution is 2.23. The lowest BCUT2D eigenvalue weighted by atomic mass is 10.2. The molecule has 0 aliphatic heterocycles. The summed E-state index contributed by atoms with van der Waals surface area (Å²) < 4.78 is 39.9. The van der Waals surface area contributed by atoms with Gasteiger partial charge >= 0.3 is 0 Å². The number of hydrogen-bond acceptors (Lipinski definition) is 3. The maximum absolute atomic E-state index is 13.1. The smallest absolute Gasteiger partial charge is 0.261 e. The summed E-state index contributed by atoms with van der Waals surface area (Å²) in [5, 5.41) is 7.22. The minimum atomic E-state index is -3.84. The highest BCUT2D eigenvalue weighted by molar-refractivity contribution is 7.92. The molecule has 1 heterocycles. The van der Waals surface area contributed by atoms with Gasteiger partial charge in [-0.15, -0.1) is 0 Å². The lowest BCUT2D eigenvalue weighted by Crippen LogP contribution is -2.13. The van der Waals surface area contributed by atoms with Gasteiger partial charge in [-0.25, -0.2) is 12.8 Å². The molecule has 0 bridgehead atoms. The van der Waals surface area contributed by atoms with Gasteiger partial charge in [0.2, 0.25) is 0 Å². The summed E-state index contributed by atoms with van der Waals surface area (Å²) in [6, 6.07) is 8.18. The average Bonchev–Trinajstić information content (AvgIpc) is 2.88. The van der Waals surface area contributed by atoms with E-state index in [-0.39, 0.29) is 9.92 Å². The van der Waals surface area contributed by atoms with Crippen LogP contribution in [0.15, 0.2) is 47.5 Å². The van der Waals surface area contributed by atoms with Gasteiger partial charge < -0.3 is 0 Å². The predicted octanol–water partition coefficient (Wildman–Crippen LogP) is 3.16. The van der Waals surface area contributed by atoms with E-state index in [1.54, 1.807) is 24.4 Å². The number of aromatic amines is 1. The van der Waals surface area contributed by atoms with Gasteiger partial charge in [0.05, 0.1) is 27.3 Å². The van der Waals surface area contributed by atoms with E-state index in [1.807, 2.05) is 0 Å². The molecule has 5 nitrogen and oxygen atoms in total. The van der Waals surface area contributed by atoms with Crippen LogP contribution < -0.4 is 4.72 Å². The fraction of sp³-hybridized carbons (Fsp3) is 0. The topological polar surface area (TPSA) is 74.8 Å². The van der Waals surface area contributed by atoms with Gasteiger partial charge in [0.15, 0.2) is 0 Å². The molecule has 21 heavy (non-hydrogen) atoms. The van der Waals surface area contributed by atoms with Crippen LogP contribution in [0.25, 0.3) is 10.9 Å². The number of anilines is 1. The molecular weight excluding hydrogens is 317 g/mol. The summed E-state index contributed by atoms with van der Waals surface area (Å²) in [5.41, 5.74) is 1.07. The second-order valence-electron chi connectivity index (χ2n) is 4.35. The first-order chi connectivity index (χ1) is 9.95. The van der Waals surface area contributed by atoms with E-state index in [0.717, 1.165) is 23.6 Å². The van der Waals surface area contributed by atoms with E-state index in [1.165, 1.54) is 0 Å². The van der Waals surface area contributed by atoms with Gasteiger partial charge in [0.1, 0.15) is 5.82 Å². The van der Waals surface area contributed by atoms with E-state index in [0.29, 0.717) is 11.2 Å². The first kappa shape index (κ1) is 13.8. The maximum Gasteiger partial charge on any atom is 0.261 e. The number of rotatable bonds is 3. The Morgan fingerprint density at radius 1 is 1.19 bits per heavy atom. The van der Waals surface area contributed by atoms with Crippen LogP contribution in [0, 0.1) is 5.82 Å². The van der Waals surface area contributed by atoms with Gasteiger partial charge in [0.25, 0.3) is 10.0 Å². The highest BCUT2D eigenvalue weighted by atomic mass is 35.5. The van der Waals surface area contributed by atoms with Gasteiger partial charge in [-0.2, -0.15) is 5.10 Å². The predicted molar refractivity (Wildman–Crippen MR) is 78.3 cm³/mol. The molecule has 0 atom stereocenters. The van der Waals surface area contributed by atoms with Crippen molar-refractivity contribution in [2.24, 2.45) is 0 Å². The fourth-order valence-corrected chi connectivity index (χ4v) is 3.18. The molecule has 0 radical (unpaired) electrons. The SMILES string of the molecule is O=S(=O)(Nc1ccc2cn[nH]c2c1)c1ccc(F)c(Cl)c1. The van der Waals surface area contributed by atoms with Crippen molar-refractivity contribution in [3.05, 3.63) is 53.4 Å². The minimum Gasteiger partial charge on any atom is -0.280 e. The van der Waals surface area contributed by atoms with Crippen LogP contribution in [0.3, 0.4) is 0 Å². The molecule has 3 rings (SSSR count). The Morgan fingerprint density at radius 3 is 2.76 bits per heavy atom. The quantitative estimate of drug-likeness (QED) is 0.776. The van der Waals surface area contributed by atoms with Crippen LogP contribution in [-0.2, 0) is 10.0 Å². The van der Waals surface area contributed by atoms with Crippen molar-refractivity contribution in [3.8, 4) is 0 Å². The first-order valence-corrected chi connectivity index (χ1v) is 7.73. The van der Waals surface area contributed by atoms with E-state index in [2.05, 4.69) is 14.9 Å². The molecular formula is C13H9ClFN3O2S. The summed E-state index contributed by atoms with van der Waals surface area (Å²) in [7, 11) is -3.84. The van der Waals surface area contributed by atoms with Gasteiger partial charge in [0, 0.05) is 5.39 Å². The van der Waals surface area contributed by atoms with Crippen molar-refractivity contribution in [2.75, 3.05) is 4.72 Å². The van der Waals surface area contributed by atoms with E-state index >= 15 is 0 Å². The zero-order valence-electron chi connectivity index (χ0n) is 10.5. The van der Waals surface area contributed by atoms with Crippen molar-refractivity contribution >= 4 is 38.2 Å². The molecule has 0 unspecified atom stereocenters. The Bertz CT molecular complexity index is 924. The van der Waals surface area contributed by atoms with Crippen LogP contribution >= 0.6 is 11.6 Å². The van der Waals surface area contributed by atoms with Gasteiger partial charge in [-0.3, -0.25) is 9.82 Å². The number of nitrogens with zero attached hydrogens (tertiary/aromatic N) is 1. The Kier molecular flexibility index (Phi) is 3.30. The molecule has 0 fully saturated rings. The zero-order chi connectivity index (χ0) is 15.0. The summed E-state index contributed by atoms with van der Waals surface area (Å²) in [4.78, 5) is -0.112. The maximum atomic E-state index is 13.1. The summed E-state index contributed by atoms with van der Waals surface area (Å²) in [5.74, 6) is -0.672. The number of hydrogen-bond donors (Lipinski definition) is 2. The van der Waals surface area contributed by atoms with Crippen LogP contribution in [0.5, 0.6) is 0 Å². The number of H-pyrrole nitrogens is 1. The third-order valence-corrected chi connectivity index (χ3v) is 4.56. The van der Waals surface area contributed by atoms with Crippen LogP contribution in [0.2, 0.25) is 5.02 Å². The number of halogens is 2. The van der Waals surface area contributed by atoms with E-state index < -0.39 is 15.8 Å². The molecule has 108 valence electrons. The molecule has 0 saturated heterocycles. The molecule has 1 aromatic heterocycles. The molecule has 0 saturated carbocycles. The zero-order valence-corrected chi connectivity index (χ0v) is 12.0. The Balaban J connectivity index is 1.96. The summed E-state index contributed by atoms with van der Waals surface area (Å²) in [6.45, 7) is 0. The second kappa shape index (κ2) is 5.01. The van der Waals surface area contributed by atoms with Crippen molar-refractivity contribution < 1.29 is 12.8 Å². The molecule has 0 spiro atoms. The van der Waals surface area contributed by atoms with Crippen molar-refractivity contribution in [1.82, 2.24) is 10.2 Å². The van der Waals surface area contributed by atoms with Gasteiger partial charge in [-0.05, 0) is 36.4 Å². The molecule has 3 aromatic rings. The van der Waals surface area contributed by atoms with Crippen molar-refractivity contribution in [3.63, 3.8) is 0 Å². The van der Waals surface area contributed by atoms with Crippen LogP contribution in [0.4, 0.5) is 10.1 Å².